The molecule has 1 heterocycles. The molecule has 1 aliphatic heterocycles. The van der Waals surface area contributed by atoms with Gasteiger partial charge >= 0.3 is 0 Å². The molecule has 1 aliphatic rings. The van der Waals surface area contributed by atoms with Crippen molar-refractivity contribution >= 4 is 23.1 Å². The Bertz CT molecular complexity index is 667. The average molecular weight is 356 g/mol. The molecule has 0 spiro atoms. The number of likely N-dealkylation sites (N-methyl/N-ethyl adjacent to an activating group) is 1. The molecule has 132 valence electrons. The number of hydrogen-bond donors (Lipinski definition) is 1. The number of nitrogens with zero attached hydrogens (tertiary/aromatic N) is 2. The number of anilines is 1. The molecule has 3 rings (SSSR count). The second kappa shape index (κ2) is 8.94. The first-order chi connectivity index (χ1) is 12.2. The van der Waals surface area contributed by atoms with Crippen molar-refractivity contribution in [2.45, 2.75) is 6.42 Å². The quantitative estimate of drug-likeness (QED) is 0.831. The standard InChI is InChI=1S/C20H25N3OS/c1-22-13-15-23(16-14-22)12-11-17-7-9-19(10-8-17)24-20(25)21-18-5-3-2-4-6-18/h2-10H,11-16H2,1H3,(H,21,25). The van der Waals surface area contributed by atoms with Gasteiger partial charge in [0, 0.05) is 38.4 Å². The Kier molecular flexibility index (Phi) is 6.39. The second-order valence-electron chi connectivity index (χ2n) is 6.42. The van der Waals surface area contributed by atoms with Gasteiger partial charge in [-0.15, -0.1) is 0 Å². The zero-order chi connectivity index (χ0) is 17.5. The lowest BCUT2D eigenvalue weighted by Gasteiger charge is -2.32. The minimum Gasteiger partial charge on any atom is -0.432 e. The number of hydrogen-bond acceptors (Lipinski definition) is 4. The lowest BCUT2D eigenvalue weighted by molar-refractivity contribution is 0.155. The SMILES string of the molecule is CN1CCN(CCc2ccc(OC(=S)Nc3ccccc3)cc2)CC1. The molecule has 4 nitrogen and oxygen atoms in total. The van der Waals surface area contributed by atoms with Crippen molar-refractivity contribution in [1.29, 1.82) is 0 Å². The van der Waals surface area contributed by atoms with Gasteiger partial charge in [0.1, 0.15) is 5.75 Å². The third-order valence-electron chi connectivity index (χ3n) is 4.47. The van der Waals surface area contributed by atoms with E-state index in [0.717, 1.165) is 37.5 Å². The smallest absolute Gasteiger partial charge is 0.266 e. The fraction of sp³-hybridized carbons (Fsp3) is 0.350. The summed E-state index contributed by atoms with van der Waals surface area (Å²) in [4.78, 5) is 4.92. The molecule has 0 saturated carbocycles. The van der Waals surface area contributed by atoms with E-state index in [1.165, 1.54) is 18.7 Å². The summed E-state index contributed by atoms with van der Waals surface area (Å²) in [6.45, 7) is 5.77. The van der Waals surface area contributed by atoms with Gasteiger partial charge in [-0.1, -0.05) is 30.3 Å². The number of para-hydroxylation sites is 1. The summed E-state index contributed by atoms with van der Waals surface area (Å²) in [5.74, 6) is 0.761. The fourth-order valence-corrected chi connectivity index (χ4v) is 3.07. The molecule has 0 aromatic heterocycles. The van der Waals surface area contributed by atoms with Crippen LogP contribution in [-0.4, -0.2) is 54.7 Å². The van der Waals surface area contributed by atoms with Gasteiger partial charge in [0.25, 0.3) is 5.17 Å². The van der Waals surface area contributed by atoms with E-state index in [1.807, 2.05) is 42.5 Å². The topological polar surface area (TPSA) is 27.7 Å². The van der Waals surface area contributed by atoms with Crippen LogP contribution in [0.2, 0.25) is 0 Å². The van der Waals surface area contributed by atoms with Crippen LogP contribution < -0.4 is 10.1 Å². The first-order valence-electron chi connectivity index (χ1n) is 8.73. The van der Waals surface area contributed by atoms with Crippen molar-refractivity contribution < 1.29 is 4.74 Å². The molecule has 1 saturated heterocycles. The molecular weight excluding hydrogens is 330 g/mol. The molecular formula is C20H25N3OS. The maximum absolute atomic E-state index is 5.68. The molecule has 0 atom stereocenters. The van der Waals surface area contributed by atoms with E-state index in [0.29, 0.717) is 5.17 Å². The van der Waals surface area contributed by atoms with Gasteiger partial charge in [-0.25, -0.2) is 0 Å². The summed E-state index contributed by atoms with van der Waals surface area (Å²) in [5, 5.41) is 3.43. The lowest BCUT2D eigenvalue weighted by Crippen LogP contribution is -2.45. The molecule has 0 bridgehead atoms. The van der Waals surface area contributed by atoms with Crippen molar-refractivity contribution in [3.05, 3.63) is 60.2 Å². The summed E-state index contributed by atoms with van der Waals surface area (Å²) in [6.07, 6.45) is 1.07. The zero-order valence-electron chi connectivity index (χ0n) is 14.6. The highest BCUT2D eigenvalue weighted by molar-refractivity contribution is 7.80. The fourth-order valence-electron chi connectivity index (χ4n) is 2.85. The number of benzene rings is 2. The number of thiocarbonyl (C=S) groups is 1. The van der Waals surface area contributed by atoms with Gasteiger partial charge in [-0.05, 0) is 55.5 Å². The molecule has 1 fully saturated rings. The molecule has 0 unspecified atom stereocenters. The Hall–Kier alpha value is -1.95. The Morgan fingerprint density at radius 2 is 1.68 bits per heavy atom. The van der Waals surface area contributed by atoms with E-state index in [9.17, 15) is 0 Å². The van der Waals surface area contributed by atoms with Gasteiger partial charge < -0.3 is 19.9 Å². The largest absolute Gasteiger partial charge is 0.432 e. The second-order valence-corrected chi connectivity index (χ2v) is 6.79. The normalized spacial score (nSPS) is 15.7. The summed E-state index contributed by atoms with van der Waals surface area (Å²) < 4.78 is 5.68. The molecule has 5 heteroatoms. The minimum atomic E-state index is 0.358. The maximum Gasteiger partial charge on any atom is 0.266 e. The van der Waals surface area contributed by atoms with E-state index >= 15 is 0 Å². The van der Waals surface area contributed by atoms with Gasteiger partial charge in [-0.2, -0.15) is 0 Å². The molecule has 2 aromatic rings. The highest BCUT2D eigenvalue weighted by atomic mass is 32.1. The Morgan fingerprint density at radius 1 is 1.00 bits per heavy atom. The molecule has 2 aromatic carbocycles. The van der Waals surface area contributed by atoms with Gasteiger partial charge in [0.05, 0.1) is 0 Å². The number of ether oxygens (including phenoxy) is 1. The van der Waals surface area contributed by atoms with E-state index < -0.39 is 0 Å². The predicted molar refractivity (Wildman–Crippen MR) is 107 cm³/mol. The molecule has 0 aliphatic carbocycles. The van der Waals surface area contributed by atoms with Gasteiger partial charge in [-0.3, -0.25) is 0 Å². The average Bonchev–Trinajstić information content (AvgIpc) is 2.63. The van der Waals surface area contributed by atoms with Crippen molar-refractivity contribution in [1.82, 2.24) is 9.80 Å². The van der Waals surface area contributed by atoms with Crippen LogP contribution in [0.15, 0.2) is 54.6 Å². The lowest BCUT2D eigenvalue weighted by atomic mass is 10.1. The zero-order valence-corrected chi connectivity index (χ0v) is 15.5. The highest BCUT2D eigenvalue weighted by Crippen LogP contribution is 2.15. The third kappa shape index (κ3) is 5.81. The van der Waals surface area contributed by atoms with Crippen LogP contribution in [0.4, 0.5) is 5.69 Å². The number of nitrogens with one attached hydrogen (secondary N) is 1. The monoisotopic (exact) mass is 355 g/mol. The van der Waals surface area contributed by atoms with Crippen LogP contribution in [0, 0.1) is 0 Å². The van der Waals surface area contributed by atoms with Crippen LogP contribution in [0.3, 0.4) is 0 Å². The molecule has 1 N–H and O–H groups in total. The summed E-state index contributed by atoms with van der Waals surface area (Å²) in [6, 6.07) is 18.0. The molecule has 0 radical (unpaired) electrons. The Labute approximate surface area is 155 Å². The van der Waals surface area contributed by atoms with Crippen LogP contribution >= 0.6 is 12.2 Å². The van der Waals surface area contributed by atoms with E-state index in [2.05, 4.69) is 34.3 Å². The van der Waals surface area contributed by atoms with Crippen LogP contribution in [0.1, 0.15) is 5.56 Å². The van der Waals surface area contributed by atoms with Crippen molar-refractivity contribution in [3.63, 3.8) is 0 Å². The predicted octanol–water partition coefficient (Wildman–Crippen LogP) is 3.25. The Balaban J connectivity index is 1.44. The first-order valence-corrected chi connectivity index (χ1v) is 9.13. The van der Waals surface area contributed by atoms with E-state index in [-0.39, 0.29) is 0 Å². The number of piperazine rings is 1. The first kappa shape index (κ1) is 17.9. The van der Waals surface area contributed by atoms with Gasteiger partial charge in [0.15, 0.2) is 0 Å². The van der Waals surface area contributed by atoms with Crippen LogP contribution in [-0.2, 0) is 6.42 Å². The highest BCUT2D eigenvalue weighted by Gasteiger charge is 2.13. The van der Waals surface area contributed by atoms with E-state index in [4.69, 9.17) is 17.0 Å². The third-order valence-corrected chi connectivity index (χ3v) is 4.65. The van der Waals surface area contributed by atoms with Crippen molar-refractivity contribution in [2.24, 2.45) is 0 Å². The maximum atomic E-state index is 5.68. The van der Waals surface area contributed by atoms with Crippen molar-refractivity contribution in [3.8, 4) is 5.75 Å². The van der Waals surface area contributed by atoms with Gasteiger partial charge in [0.2, 0.25) is 0 Å². The van der Waals surface area contributed by atoms with Crippen LogP contribution in [0.5, 0.6) is 5.75 Å². The number of rotatable bonds is 5. The summed E-state index contributed by atoms with van der Waals surface area (Å²) in [5.41, 5.74) is 2.25. The van der Waals surface area contributed by atoms with Crippen molar-refractivity contribution in [2.75, 3.05) is 45.1 Å². The molecule has 25 heavy (non-hydrogen) atoms. The van der Waals surface area contributed by atoms with Crippen LogP contribution in [0.25, 0.3) is 0 Å². The molecule has 0 amide bonds. The Morgan fingerprint density at radius 3 is 2.36 bits per heavy atom. The summed E-state index contributed by atoms with van der Waals surface area (Å²) >= 11 is 5.25. The summed E-state index contributed by atoms with van der Waals surface area (Å²) in [7, 11) is 2.19. The van der Waals surface area contributed by atoms with E-state index in [1.54, 1.807) is 0 Å². The minimum absolute atomic E-state index is 0.358.